The predicted octanol–water partition coefficient (Wildman–Crippen LogP) is 7.50. The van der Waals surface area contributed by atoms with Crippen LogP contribution >= 0.6 is 12.2 Å². The van der Waals surface area contributed by atoms with Gasteiger partial charge in [-0.2, -0.15) is 0 Å². The largest absolute Gasteiger partial charge is 0.573 e. The van der Waals surface area contributed by atoms with Crippen LogP contribution in [0.25, 0.3) is 17.1 Å². The molecule has 0 aliphatic carbocycles. The van der Waals surface area contributed by atoms with Gasteiger partial charge in [-0.3, -0.25) is 0 Å². The lowest BCUT2D eigenvalue weighted by Gasteiger charge is -2.13. The molecule has 186 valence electrons. The van der Waals surface area contributed by atoms with Crippen LogP contribution < -0.4 is 4.74 Å². The zero-order valence-corrected chi connectivity index (χ0v) is 20.8. The Morgan fingerprint density at radius 2 is 1.67 bits per heavy atom. The van der Waals surface area contributed by atoms with Gasteiger partial charge in [0.05, 0.1) is 5.69 Å². The Bertz CT molecular complexity index is 1310. The van der Waals surface area contributed by atoms with Crippen LogP contribution in [-0.2, 0) is 12.8 Å². The molecule has 0 N–H and O–H groups in total. The van der Waals surface area contributed by atoms with Crippen LogP contribution in [0.4, 0.5) is 13.2 Å². The van der Waals surface area contributed by atoms with Gasteiger partial charge in [-0.15, -0.1) is 18.3 Å². The third-order valence-corrected chi connectivity index (χ3v) is 6.14. The van der Waals surface area contributed by atoms with Crippen LogP contribution in [0, 0.1) is 0 Å². The van der Waals surface area contributed by atoms with Crippen LogP contribution in [0.15, 0.2) is 79.1 Å². The third-order valence-electron chi connectivity index (χ3n) is 5.80. The smallest absolute Gasteiger partial charge is 0.406 e. The fraction of sp³-hybridized carbons (Fsp3) is 0.250. The Labute approximate surface area is 213 Å². The summed E-state index contributed by atoms with van der Waals surface area (Å²) in [6, 6.07) is 22.0. The number of ether oxygens (including phenoxy) is 1. The number of hydrogen-bond donors (Lipinski definition) is 0. The Balaban J connectivity index is 1.35. The molecule has 0 amide bonds. The van der Waals surface area contributed by atoms with Gasteiger partial charge in [-0.1, -0.05) is 74.6 Å². The number of aromatic nitrogens is 3. The van der Waals surface area contributed by atoms with E-state index < -0.39 is 6.36 Å². The normalized spacial score (nSPS) is 11.6. The van der Waals surface area contributed by atoms with Crippen molar-refractivity contribution >= 4 is 17.1 Å². The second-order valence-electron chi connectivity index (χ2n) is 8.82. The van der Waals surface area contributed by atoms with Crippen molar-refractivity contribution in [3.63, 3.8) is 0 Å². The fourth-order valence-corrected chi connectivity index (χ4v) is 4.24. The monoisotopic (exact) mass is 509 g/mol. The van der Waals surface area contributed by atoms with E-state index in [0.29, 0.717) is 17.4 Å². The summed E-state index contributed by atoms with van der Waals surface area (Å²) < 4.78 is 42.4. The first kappa shape index (κ1) is 25.6. The second kappa shape index (κ2) is 11.0. The van der Waals surface area contributed by atoms with E-state index in [0.717, 1.165) is 29.7 Å². The maximum Gasteiger partial charge on any atom is 0.573 e. The highest BCUT2D eigenvalue weighted by atomic mass is 32.1. The predicted molar refractivity (Wildman–Crippen MR) is 139 cm³/mol. The first-order valence-corrected chi connectivity index (χ1v) is 12.1. The maximum absolute atomic E-state index is 12.3. The van der Waals surface area contributed by atoms with Crippen molar-refractivity contribution in [1.82, 2.24) is 14.8 Å². The summed E-state index contributed by atoms with van der Waals surface area (Å²) in [4.78, 5) is 5.38. The molecular weight excluding hydrogens is 483 g/mol. The van der Waals surface area contributed by atoms with Crippen LogP contribution in [0.2, 0.25) is 0 Å². The van der Waals surface area contributed by atoms with Crippen molar-refractivity contribution in [2.24, 2.45) is 0 Å². The molecule has 0 bridgehead atoms. The van der Waals surface area contributed by atoms with Crippen molar-refractivity contribution < 1.29 is 17.9 Å². The molecular formula is C28H26F3N3OS. The topological polar surface area (TPSA) is 39.9 Å². The lowest BCUT2D eigenvalue weighted by Crippen LogP contribution is -2.17. The summed E-state index contributed by atoms with van der Waals surface area (Å²) in [5.74, 6) is 0.708. The van der Waals surface area contributed by atoms with Gasteiger partial charge in [0.1, 0.15) is 12.1 Å². The summed E-state index contributed by atoms with van der Waals surface area (Å²) >= 11 is 5.68. The summed E-state index contributed by atoms with van der Waals surface area (Å²) in [6.07, 6.45) is -0.694. The number of halogens is 3. The van der Waals surface area contributed by atoms with Gasteiger partial charge in [0.15, 0.2) is 5.82 Å². The maximum atomic E-state index is 12.3. The number of hydrogen-bond acceptors (Lipinski definition) is 4. The minimum atomic E-state index is -4.72. The molecule has 8 heteroatoms. The van der Waals surface area contributed by atoms with E-state index in [4.69, 9.17) is 12.2 Å². The molecule has 0 saturated heterocycles. The van der Waals surface area contributed by atoms with Gasteiger partial charge in [-0.25, -0.2) is 9.67 Å². The van der Waals surface area contributed by atoms with Crippen molar-refractivity contribution in [2.45, 2.75) is 45.4 Å². The number of alkyl halides is 3. The Hall–Kier alpha value is -3.52. The molecule has 0 aliphatic rings. The minimum Gasteiger partial charge on any atom is -0.406 e. The summed E-state index contributed by atoms with van der Waals surface area (Å²) in [6.45, 7) is 4.40. The molecule has 0 fully saturated rings. The van der Waals surface area contributed by atoms with E-state index in [2.05, 4.69) is 52.9 Å². The number of aryl methyl sites for hydroxylation is 1. The van der Waals surface area contributed by atoms with E-state index in [9.17, 15) is 13.2 Å². The lowest BCUT2D eigenvalue weighted by atomic mass is 9.93. The highest BCUT2D eigenvalue weighted by Gasteiger charge is 2.31. The second-order valence-corrected chi connectivity index (χ2v) is 9.40. The van der Waals surface area contributed by atoms with Crippen LogP contribution in [0.3, 0.4) is 0 Å². The van der Waals surface area contributed by atoms with Gasteiger partial charge in [-0.05, 0) is 64.6 Å². The standard InChI is InChI=1S/C28H26F3N3OS/c1-19(2)26-6-4-3-5-22(26)17-25(36)16-9-20-7-10-21(11-8-20)27-32-18-34(33-27)23-12-14-24(15-13-23)35-28(29,30)31/h3-8,10-15,18-19H,9,16-17H2,1-2H3. The molecule has 4 nitrogen and oxygen atoms in total. The van der Waals surface area contributed by atoms with E-state index in [-0.39, 0.29) is 5.75 Å². The molecule has 0 radical (unpaired) electrons. The molecule has 36 heavy (non-hydrogen) atoms. The van der Waals surface area contributed by atoms with E-state index in [1.807, 2.05) is 24.3 Å². The van der Waals surface area contributed by atoms with E-state index in [1.54, 1.807) is 0 Å². The molecule has 3 aromatic carbocycles. The molecule has 0 atom stereocenters. The fourth-order valence-electron chi connectivity index (χ4n) is 3.98. The Kier molecular flexibility index (Phi) is 7.84. The lowest BCUT2D eigenvalue weighted by molar-refractivity contribution is -0.274. The Morgan fingerprint density at radius 1 is 0.972 bits per heavy atom. The molecule has 1 aromatic heterocycles. The highest BCUT2D eigenvalue weighted by molar-refractivity contribution is 7.80. The van der Waals surface area contributed by atoms with Gasteiger partial charge in [0.25, 0.3) is 0 Å². The van der Waals surface area contributed by atoms with Crippen molar-refractivity contribution in [2.75, 3.05) is 0 Å². The minimum absolute atomic E-state index is 0.286. The quantitative estimate of drug-likeness (QED) is 0.219. The molecule has 1 heterocycles. The average Bonchev–Trinajstić information content (AvgIpc) is 3.33. The van der Waals surface area contributed by atoms with Gasteiger partial charge in [0, 0.05) is 12.0 Å². The summed E-state index contributed by atoms with van der Waals surface area (Å²) in [5, 5.41) is 4.45. The van der Waals surface area contributed by atoms with Gasteiger partial charge < -0.3 is 4.74 Å². The molecule has 4 rings (SSSR count). The number of thiocarbonyl (C=S) groups is 1. The van der Waals surface area contributed by atoms with Crippen molar-refractivity contribution in [3.05, 3.63) is 95.8 Å². The third kappa shape index (κ3) is 6.79. The van der Waals surface area contributed by atoms with Crippen molar-refractivity contribution in [3.8, 4) is 22.8 Å². The highest BCUT2D eigenvalue weighted by Crippen LogP contribution is 2.24. The average molecular weight is 510 g/mol. The molecule has 0 spiro atoms. The zero-order chi connectivity index (χ0) is 25.7. The first-order chi connectivity index (χ1) is 17.2. The molecule has 4 aromatic rings. The van der Waals surface area contributed by atoms with Gasteiger partial charge in [0.2, 0.25) is 0 Å². The van der Waals surface area contributed by atoms with E-state index >= 15 is 0 Å². The number of nitrogens with zero attached hydrogens (tertiary/aromatic N) is 3. The first-order valence-electron chi connectivity index (χ1n) is 11.6. The zero-order valence-electron chi connectivity index (χ0n) is 20.0. The molecule has 0 saturated carbocycles. The van der Waals surface area contributed by atoms with Crippen LogP contribution in [-0.4, -0.2) is 26.0 Å². The Morgan fingerprint density at radius 3 is 2.33 bits per heavy atom. The SMILES string of the molecule is CC(C)c1ccccc1CC(=S)CCc1ccc(-c2ncn(-c3ccc(OC(F)(F)F)cc3)n2)cc1. The van der Waals surface area contributed by atoms with Gasteiger partial charge >= 0.3 is 6.36 Å². The number of benzene rings is 3. The van der Waals surface area contributed by atoms with Crippen molar-refractivity contribution in [1.29, 1.82) is 0 Å². The van der Waals surface area contributed by atoms with E-state index in [1.165, 1.54) is 52.0 Å². The number of rotatable bonds is 9. The summed E-state index contributed by atoms with van der Waals surface area (Å²) in [7, 11) is 0. The molecule has 0 aliphatic heterocycles. The summed E-state index contributed by atoms with van der Waals surface area (Å²) in [5.41, 5.74) is 5.26. The van der Waals surface area contributed by atoms with Crippen LogP contribution in [0.5, 0.6) is 5.75 Å². The molecule has 0 unspecified atom stereocenters. The van der Waals surface area contributed by atoms with Crippen LogP contribution in [0.1, 0.15) is 42.9 Å².